The third-order valence-electron chi connectivity index (χ3n) is 2.91. The minimum Gasteiger partial charge on any atom is -0.331 e. The van der Waals surface area contributed by atoms with Crippen molar-refractivity contribution in [2.45, 2.75) is 33.6 Å². The molecule has 0 N–H and O–H groups in total. The van der Waals surface area contributed by atoms with Gasteiger partial charge in [0.25, 0.3) is 0 Å². The molecule has 0 amide bonds. The van der Waals surface area contributed by atoms with Gasteiger partial charge in [-0.3, -0.25) is 0 Å². The SMILES string of the molecule is Cc1cc2c(C)c(C(C)C)n(C)c2nn1. The van der Waals surface area contributed by atoms with Crippen LogP contribution in [0.2, 0.25) is 0 Å². The Morgan fingerprint density at radius 3 is 2.47 bits per heavy atom. The van der Waals surface area contributed by atoms with Crippen LogP contribution < -0.4 is 0 Å². The Morgan fingerprint density at radius 1 is 1.20 bits per heavy atom. The zero-order valence-electron chi connectivity index (χ0n) is 10.00. The van der Waals surface area contributed by atoms with Gasteiger partial charge in [0, 0.05) is 18.1 Å². The van der Waals surface area contributed by atoms with Gasteiger partial charge in [-0.25, -0.2) is 0 Å². The summed E-state index contributed by atoms with van der Waals surface area (Å²) < 4.78 is 2.15. The second-order valence-corrected chi connectivity index (χ2v) is 4.45. The second kappa shape index (κ2) is 3.33. The molecule has 0 radical (unpaired) electrons. The third kappa shape index (κ3) is 1.42. The summed E-state index contributed by atoms with van der Waals surface area (Å²) in [6.45, 7) is 8.57. The molecule has 2 aromatic rings. The van der Waals surface area contributed by atoms with Crippen LogP contribution in [0.15, 0.2) is 6.07 Å². The van der Waals surface area contributed by atoms with Gasteiger partial charge in [0.2, 0.25) is 0 Å². The summed E-state index contributed by atoms with van der Waals surface area (Å²) >= 11 is 0. The van der Waals surface area contributed by atoms with E-state index >= 15 is 0 Å². The first kappa shape index (κ1) is 10.1. The summed E-state index contributed by atoms with van der Waals surface area (Å²) in [4.78, 5) is 0. The van der Waals surface area contributed by atoms with Gasteiger partial charge in [-0.15, -0.1) is 5.10 Å². The number of aryl methyl sites for hydroxylation is 3. The van der Waals surface area contributed by atoms with Gasteiger partial charge in [0.1, 0.15) is 0 Å². The third-order valence-corrected chi connectivity index (χ3v) is 2.91. The summed E-state index contributed by atoms with van der Waals surface area (Å²) in [7, 11) is 2.06. The summed E-state index contributed by atoms with van der Waals surface area (Å²) in [5.41, 5.74) is 4.65. The number of aromatic nitrogens is 3. The van der Waals surface area contributed by atoms with E-state index in [1.807, 2.05) is 6.92 Å². The van der Waals surface area contributed by atoms with Gasteiger partial charge in [0.05, 0.1) is 5.69 Å². The van der Waals surface area contributed by atoms with Crippen molar-refractivity contribution in [3.05, 3.63) is 23.0 Å². The van der Waals surface area contributed by atoms with Crippen LogP contribution in [0.1, 0.15) is 36.7 Å². The molecule has 0 aliphatic carbocycles. The van der Waals surface area contributed by atoms with E-state index in [0.717, 1.165) is 11.3 Å². The van der Waals surface area contributed by atoms with Crippen molar-refractivity contribution in [3.63, 3.8) is 0 Å². The maximum absolute atomic E-state index is 4.26. The van der Waals surface area contributed by atoms with Crippen LogP contribution in [0, 0.1) is 13.8 Å². The van der Waals surface area contributed by atoms with Gasteiger partial charge < -0.3 is 4.57 Å². The predicted molar refractivity (Wildman–Crippen MR) is 62.1 cm³/mol. The number of hydrogen-bond donors (Lipinski definition) is 0. The zero-order chi connectivity index (χ0) is 11.2. The van der Waals surface area contributed by atoms with E-state index in [1.54, 1.807) is 0 Å². The minimum absolute atomic E-state index is 0.518. The Morgan fingerprint density at radius 2 is 1.87 bits per heavy atom. The Kier molecular flexibility index (Phi) is 2.25. The molecule has 0 spiro atoms. The van der Waals surface area contributed by atoms with Gasteiger partial charge in [-0.05, 0) is 31.4 Å². The first-order valence-electron chi connectivity index (χ1n) is 5.31. The fourth-order valence-corrected chi connectivity index (χ4v) is 2.33. The summed E-state index contributed by atoms with van der Waals surface area (Å²) in [5.74, 6) is 0.518. The lowest BCUT2D eigenvalue weighted by atomic mass is 10.1. The Labute approximate surface area is 90.1 Å². The topological polar surface area (TPSA) is 30.7 Å². The molecule has 2 heterocycles. The smallest absolute Gasteiger partial charge is 0.162 e. The predicted octanol–water partition coefficient (Wildman–Crippen LogP) is 2.71. The normalized spacial score (nSPS) is 11.6. The van der Waals surface area contributed by atoms with Crippen molar-refractivity contribution < 1.29 is 0 Å². The van der Waals surface area contributed by atoms with E-state index in [-0.39, 0.29) is 0 Å². The summed E-state index contributed by atoms with van der Waals surface area (Å²) in [5, 5.41) is 9.60. The van der Waals surface area contributed by atoms with Gasteiger partial charge >= 0.3 is 0 Å². The van der Waals surface area contributed by atoms with Crippen molar-refractivity contribution in [1.29, 1.82) is 0 Å². The molecule has 0 bridgehead atoms. The van der Waals surface area contributed by atoms with E-state index < -0.39 is 0 Å². The van der Waals surface area contributed by atoms with Gasteiger partial charge in [-0.1, -0.05) is 13.8 Å². The van der Waals surface area contributed by atoms with Crippen LogP contribution >= 0.6 is 0 Å². The average molecular weight is 203 g/mol. The first-order chi connectivity index (χ1) is 7.02. The molecule has 0 atom stereocenters. The van der Waals surface area contributed by atoms with Crippen molar-refractivity contribution in [1.82, 2.24) is 14.8 Å². The van der Waals surface area contributed by atoms with E-state index in [0.29, 0.717) is 5.92 Å². The second-order valence-electron chi connectivity index (χ2n) is 4.45. The highest BCUT2D eigenvalue weighted by atomic mass is 15.2. The molecule has 0 fully saturated rings. The lowest BCUT2D eigenvalue weighted by Gasteiger charge is -2.08. The molecule has 80 valence electrons. The highest BCUT2D eigenvalue weighted by Crippen LogP contribution is 2.28. The van der Waals surface area contributed by atoms with Crippen molar-refractivity contribution in [2.75, 3.05) is 0 Å². The maximum Gasteiger partial charge on any atom is 0.162 e. The number of rotatable bonds is 1. The highest BCUT2D eigenvalue weighted by Gasteiger charge is 2.15. The van der Waals surface area contributed by atoms with Crippen LogP contribution in [0.25, 0.3) is 11.0 Å². The Hall–Kier alpha value is -1.38. The Bertz CT molecular complexity index is 509. The van der Waals surface area contributed by atoms with Crippen LogP contribution in [-0.2, 0) is 7.05 Å². The molecule has 0 aliphatic heterocycles. The molecule has 0 saturated heterocycles. The van der Waals surface area contributed by atoms with E-state index in [2.05, 4.69) is 48.6 Å². The fourth-order valence-electron chi connectivity index (χ4n) is 2.33. The minimum atomic E-state index is 0.518. The number of nitrogens with zero attached hydrogens (tertiary/aromatic N) is 3. The van der Waals surface area contributed by atoms with Crippen LogP contribution in [0.5, 0.6) is 0 Å². The van der Waals surface area contributed by atoms with Crippen molar-refractivity contribution in [3.8, 4) is 0 Å². The molecular weight excluding hydrogens is 186 g/mol. The van der Waals surface area contributed by atoms with Crippen molar-refractivity contribution in [2.24, 2.45) is 7.05 Å². The quantitative estimate of drug-likeness (QED) is 0.713. The molecule has 0 saturated carbocycles. The summed E-state index contributed by atoms with van der Waals surface area (Å²) in [6, 6.07) is 2.11. The average Bonchev–Trinajstić information content (AvgIpc) is 2.39. The molecule has 3 nitrogen and oxygen atoms in total. The molecule has 0 aliphatic rings. The van der Waals surface area contributed by atoms with Crippen LogP contribution in [0.3, 0.4) is 0 Å². The number of fused-ring (bicyclic) bond motifs is 1. The maximum atomic E-state index is 4.26. The lowest BCUT2D eigenvalue weighted by molar-refractivity contribution is 0.740. The molecular formula is C12H17N3. The molecule has 0 aromatic carbocycles. The zero-order valence-corrected chi connectivity index (χ0v) is 10.00. The molecule has 2 aromatic heterocycles. The summed E-state index contributed by atoms with van der Waals surface area (Å²) in [6.07, 6.45) is 0. The van der Waals surface area contributed by atoms with Gasteiger partial charge in [-0.2, -0.15) is 5.10 Å². The molecule has 15 heavy (non-hydrogen) atoms. The monoisotopic (exact) mass is 203 g/mol. The Balaban J connectivity index is 2.85. The van der Waals surface area contributed by atoms with Crippen LogP contribution in [-0.4, -0.2) is 14.8 Å². The molecule has 0 unspecified atom stereocenters. The molecule has 3 heteroatoms. The van der Waals surface area contributed by atoms with E-state index in [1.165, 1.54) is 16.6 Å². The van der Waals surface area contributed by atoms with Gasteiger partial charge in [0.15, 0.2) is 5.65 Å². The van der Waals surface area contributed by atoms with E-state index in [4.69, 9.17) is 0 Å². The first-order valence-corrected chi connectivity index (χ1v) is 5.31. The fraction of sp³-hybridized carbons (Fsp3) is 0.500. The largest absolute Gasteiger partial charge is 0.331 e. The lowest BCUT2D eigenvalue weighted by Crippen LogP contribution is -2.00. The van der Waals surface area contributed by atoms with E-state index in [9.17, 15) is 0 Å². The number of hydrogen-bond acceptors (Lipinski definition) is 2. The van der Waals surface area contributed by atoms with Crippen LogP contribution in [0.4, 0.5) is 0 Å². The molecule has 2 rings (SSSR count). The van der Waals surface area contributed by atoms with Crippen molar-refractivity contribution >= 4 is 11.0 Å². The standard InChI is InChI=1S/C12H17N3/c1-7(2)11-9(4)10-6-8(3)13-14-12(10)15(11)5/h6-7H,1-5H3. The highest BCUT2D eigenvalue weighted by molar-refractivity contribution is 5.82.